The summed E-state index contributed by atoms with van der Waals surface area (Å²) in [5.74, 6) is 0.771. The molecule has 5 nitrogen and oxygen atoms in total. The van der Waals surface area contributed by atoms with Crippen LogP contribution in [0, 0.1) is 0 Å². The standard InChI is InChI=1S/C20H17ClN2O3/c1-25-19-9-8-14(21)11-18(19)20(24)23-15-6-4-7-17(12-15)26-13-16-5-2-3-10-22-16/h2-12H,13H2,1H3,(H,23,24). The Morgan fingerprint density at radius 3 is 2.77 bits per heavy atom. The van der Waals surface area contributed by atoms with Crippen LogP contribution in [0.25, 0.3) is 0 Å². The van der Waals surface area contributed by atoms with Gasteiger partial charge in [-0.25, -0.2) is 0 Å². The Kier molecular flexibility index (Phi) is 5.71. The van der Waals surface area contributed by atoms with Crippen molar-refractivity contribution < 1.29 is 14.3 Å². The number of aromatic nitrogens is 1. The lowest BCUT2D eigenvalue weighted by Gasteiger charge is -2.11. The van der Waals surface area contributed by atoms with Gasteiger partial charge in [-0.2, -0.15) is 0 Å². The zero-order chi connectivity index (χ0) is 18.4. The molecule has 2 aromatic carbocycles. The highest BCUT2D eigenvalue weighted by molar-refractivity contribution is 6.31. The van der Waals surface area contributed by atoms with Gasteiger partial charge in [-0.1, -0.05) is 23.7 Å². The maximum absolute atomic E-state index is 12.5. The van der Waals surface area contributed by atoms with Gasteiger partial charge in [-0.05, 0) is 42.5 Å². The highest BCUT2D eigenvalue weighted by Gasteiger charge is 2.13. The molecule has 26 heavy (non-hydrogen) atoms. The molecule has 0 aliphatic rings. The lowest BCUT2D eigenvalue weighted by atomic mass is 10.2. The van der Waals surface area contributed by atoms with Crippen LogP contribution in [0.4, 0.5) is 5.69 Å². The van der Waals surface area contributed by atoms with Gasteiger partial charge in [0, 0.05) is 23.0 Å². The van der Waals surface area contributed by atoms with E-state index in [2.05, 4.69) is 10.3 Å². The second-order valence-electron chi connectivity index (χ2n) is 5.44. The molecule has 3 rings (SSSR count). The molecule has 0 aliphatic carbocycles. The summed E-state index contributed by atoms with van der Waals surface area (Å²) in [5, 5.41) is 3.29. The van der Waals surface area contributed by atoms with Gasteiger partial charge in [0.05, 0.1) is 18.4 Å². The van der Waals surface area contributed by atoms with Crippen LogP contribution >= 0.6 is 11.6 Å². The molecule has 1 amide bonds. The summed E-state index contributed by atoms with van der Waals surface area (Å²) in [6, 6.07) is 17.7. The second kappa shape index (κ2) is 8.36. The Morgan fingerprint density at radius 2 is 2.00 bits per heavy atom. The monoisotopic (exact) mass is 368 g/mol. The summed E-state index contributed by atoms with van der Waals surface area (Å²) in [6.45, 7) is 0.348. The minimum atomic E-state index is -0.314. The third-order valence-corrected chi connectivity index (χ3v) is 3.85. The number of nitrogens with one attached hydrogen (secondary N) is 1. The summed E-state index contributed by atoms with van der Waals surface area (Å²) in [7, 11) is 1.51. The molecule has 0 saturated heterocycles. The van der Waals surface area contributed by atoms with E-state index in [1.165, 1.54) is 7.11 Å². The molecule has 1 aromatic heterocycles. The Bertz CT molecular complexity index is 901. The predicted octanol–water partition coefficient (Wildman–Crippen LogP) is 4.57. The van der Waals surface area contributed by atoms with Gasteiger partial charge in [0.25, 0.3) is 5.91 Å². The van der Waals surface area contributed by atoms with Gasteiger partial charge in [0.2, 0.25) is 0 Å². The van der Waals surface area contributed by atoms with Crippen molar-refractivity contribution in [3.8, 4) is 11.5 Å². The van der Waals surface area contributed by atoms with E-state index >= 15 is 0 Å². The van der Waals surface area contributed by atoms with Crippen molar-refractivity contribution in [3.05, 3.63) is 83.1 Å². The Morgan fingerprint density at radius 1 is 1.12 bits per heavy atom. The second-order valence-corrected chi connectivity index (χ2v) is 5.87. The number of hydrogen-bond acceptors (Lipinski definition) is 4. The first kappa shape index (κ1) is 17.8. The largest absolute Gasteiger partial charge is 0.496 e. The smallest absolute Gasteiger partial charge is 0.259 e. The first-order valence-corrected chi connectivity index (χ1v) is 8.31. The van der Waals surface area contributed by atoms with Gasteiger partial charge >= 0.3 is 0 Å². The number of nitrogens with zero attached hydrogens (tertiary/aromatic N) is 1. The van der Waals surface area contributed by atoms with E-state index < -0.39 is 0 Å². The lowest BCUT2D eigenvalue weighted by Crippen LogP contribution is -2.13. The molecule has 0 unspecified atom stereocenters. The minimum Gasteiger partial charge on any atom is -0.496 e. The molecule has 3 aromatic rings. The number of pyridine rings is 1. The van der Waals surface area contributed by atoms with Crippen LogP contribution < -0.4 is 14.8 Å². The number of rotatable bonds is 6. The van der Waals surface area contributed by atoms with Crippen LogP contribution in [0.1, 0.15) is 16.1 Å². The summed E-state index contributed by atoms with van der Waals surface area (Å²) in [6.07, 6.45) is 1.72. The van der Waals surface area contributed by atoms with E-state index in [0.29, 0.717) is 34.4 Å². The first-order valence-electron chi connectivity index (χ1n) is 7.93. The SMILES string of the molecule is COc1ccc(Cl)cc1C(=O)Nc1cccc(OCc2ccccn2)c1. The molecular formula is C20H17ClN2O3. The molecule has 0 atom stereocenters. The third kappa shape index (κ3) is 4.52. The quantitative estimate of drug-likeness (QED) is 0.692. The van der Waals surface area contributed by atoms with Gasteiger partial charge < -0.3 is 14.8 Å². The van der Waals surface area contributed by atoms with Crippen molar-refractivity contribution in [2.24, 2.45) is 0 Å². The highest BCUT2D eigenvalue weighted by atomic mass is 35.5. The molecule has 132 valence electrons. The summed E-state index contributed by atoms with van der Waals surface area (Å²) >= 11 is 5.98. The van der Waals surface area contributed by atoms with Crippen molar-refractivity contribution in [3.63, 3.8) is 0 Å². The van der Waals surface area contributed by atoms with Gasteiger partial charge in [0.1, 0.15) is 18.1 Å². The molecule has 0 spiro atoms. The number of carbonyl (C=O) groups excluding carboxylic acids is 1. The topological polar surface area (TPSA) is 60.5 Å². The van der Waals surface area contributed by atoms with Crippen molar-refractivity contribution in [1.29, 1.82) is 0 Å². The normalized spacial score (nSPS) is 10.2. The fourth-order valence-corrected chi connectivity index (χ4v) is 2.53. The number of anilines is 1. The van der Waals surface area contributed by atoms with Crippen LogP contribution in [-0.4, -0.2) is 18.0 Å². The Balaban J connectivity index is 1.70. The lowest BCUT2D eigenvalue weighted by molar-refractivity contribution is 0.102. The van der Waals surface area contributed by atoms with Crippen LogP contribution in [0.15, 0.2) is 66.9 Å². The third-order valence-electron chi connectivity index (χ3n) is 3.61. The van der Waals surface area contributed by atoms with Gasteiger partial charge in [-0.15, -0.1) is 0 Å². The number of carbonyl (C=O) groups is 1. The van der Waals surface area contributed by atoms with Crippen molar-refractivity contribution in [2.45, 2.75) is 6.61 Å². The van der Waals surface area contributed by atoms with E-state index in [1.54, 1.807) is 42.6 Å². The molecule has 0 radical (unpaired) electrons. The van der Waals surface area contributed by atoms with Crippen LogP contribution in [-0.2, 0) is 6.61 Å². The number of amides is 1. The Labute approximate surface area is 156 Å². The average molecular weight is 369 g/mol. The van der Waals surface area contributed by atoms with E-state index in [9.17, 15) is 4.79 Å². The molecule has 1 heterocycles. The summed E-state index contributed by atoms with van der Waals surface area (Å²) in [5.41, 5.74) is 1.79. The molecule has 0 bridgehead atoms. The van der Waals surface area contributed by atoms with Crippen LogP contribution in [0.3, 0.4) is 0 Å². The van der Waals surface area contributed by atoms with E-state index in [-0.39, 0.29) is 5.91 Å². The fraction of sp³-hybridized carbons (Fsp3) is 0.100. The van der Waals surface area contributed by atoms with Crippen LogP contribution in [0.2, 0.25) is 5.02 Å². The van der Waals surface area contributed by atoms with Crippen LogP contribution in [0.5, 0.6) is 11.5 Å². The molecule has 0 saturated carbocycles. The zero-order valence-electron chi connectivity index (χ0n) is 14.1. The predicted molar refractivity (Wildman–Crippen MR) is 101 cm³/mol. The molecule has 0 fully saturated rings. The number of ether oxygens (including phenoxy) is 2. The number of methoxy groups -OCH3 is 1. The molecule has 0 aliphatic heterocycles. The fourth-order valence-electron chi connectivity index (χ4n) is 2.36. The minimum absolute atomic E-state index is 0.314. The number of benzene rings is 2. The van der Waals surface area contributed by atoms with E-state index in [1.807, 2.05) is 24.3 Å². The maximum atomic E-state index is 12.5. The maximum Gasteiger partial charge on any atom is 0.259 e. The van der Waals surface area contributed by atoms with E-state index in [4.69, 9.17) is 21.1 Å². The van der Waals surface area contributed by atoms with Crippen molar-refractivity contribution >= 4 is 23.2 Å². The molecule has 1 N–H and O–H groups in total. The van der Waals surface area contributed by atoms with Gasteiger partial charge in [0.15, 0.2) is 0 Å². The number of halogens is 1. The summed E-state index contributed by atoms with van der Waals surface area (Å²) < 4.78 is 10.9. The number of hydrogen-bond donors (Lipinski definition) is 1. The highest BCUT2D eigenvalue weighted by Crippen LogP contribution is 2.25. The van der Waals surface area contributed by atoms with Gasteiger partial charge in [-0.3, -0.25) is 9.78 Å². The Hall–Kier alpha value is -3.05. The molecule has 6 heteroatoms. The summed E-state index contributed by atoms with van der Waals surface area (Å²) in [4.78, 5) is 16.7. The zero-order valence-corrected chi connectivity index (χ0v) is 14.9. The van der Waals surface area contributed by atoms with Crippen molar-refractivity contribution in [1.82, 2.24) is 4.98 Å². The average Bonchev–Trinajstić information content (AvgIpc) is 2.67. The van der Waals surface area contributed by atoms with Crippen molar-refractivity contribution in [2.75, 3.05) is 12.4 Å². The molecular weight excluding hydrogens is 352 g/mol. The van der Waals surface area contributed by atoms with E-state index in [0.717, 1.165) is 5.69 Å². The first-order chi connectivity index (χ1) is 12.7.